The second kappa shape index (κ2) is 6.34. The fourth-order valence-electron chi connectivity index (χ4n) is 3.04. The van der Waals surface area contributed by atoms with Gasteiger partial charge in [-0.1, -0.05) is 25.1 Å². The zero-order valence-electron chi connectivity index (χ0n) is 12.4. The molecule has 0 spiro atoms. The molecule has 22 heavy (non-hydrogen) atoms. The van der Waals surface area contributed by atoms with Crippen LogP contribution in [0.25, 0.3) is 17.0 Å². The van der Waals surface area contributed by atoms with E-state index >= 15 is 0 Å². The number of aromatic nitrogens is 1. The summed E-state index contributed by atoms with van der Waals surface area (Å²) >= 11 is 0. The lowest BCUT2D eigenvalue weighted by Gasteiger charge is -2.22. The van der Waals surface area contributed by atoms with Crippen molar-refractivity contribution < 1.29 is 19.7 Å². The molecule has 1 fully saturated rings. The second-order valence-corrected chi connectivity index (χ2v) is 5.40. The summed E-state index contributed by atoms with van der Waals surface area (Å²) in [5.41, 5.74) is 1.98. The van der Waals surface area contributed by atoms with Crippen LogP contribution in [-0.4, -0.2) is 28.4 Å². The van der Waals surface area contributed by atoms with Gasteiger partial charge in [0.15, 0.2) is 0 Å². The van der Waals surface area contributed by atoms with Crippen LogP contribution < -0.4 is 0 Å². The Labute approximate surface area is 128 Å². The van der Waals surface area contributed by atoms with Gasteiger partial charge < -0.3 is 9.67 Å². The summed E-state index contributed by atoms with van der Waals surface area (Å²) in [5.74, 6) is -0.948. The van der Waals surface area contributed by atoms with Gasteiger partial charge in [0, 0.05) is 35.2 Å². The van der Waals surface area contributed by atoms with Gasteiger partial charge in [-0.2, -0.15) is 0 Å². The molecule has 3 rings (SSSR count). The summed E-state index contributed by atoms with van der Waals surface area (Å²) in [5, 5.41) is 9.89. The van der Waals surface area contributed by atoms with Crippen molar-refractivity contribution in [2.45, 2.75) is 31.9 Å². The van der Waals surface area contributed by atoms with E-state index in [2.05, 4.69) is 11.5 Å². The summed E-state index contributed by atoms with van der Waals surface area (Å²) in [6, 6.07) is 8.17. The molecule has 1 aliphatic heterocycles. The van der Waals surface area contributed by atoms with E-state index in [1.807, 2.05) is 30.5 Å². The summed E-state index contributed by atoms with van der Waals surface area (Å²) in [4.78, 5) is 21.2. The van der Waals surface area contributed by atoms with Crippen molar-refractivity contribution in [1.29, 1.82) is 0 Å². The minimum atomic E-state index is -0.948. The molecule has 0 amide bonds. The zero-order chi connectivity index (χ0) is 15.5. The molecule has 1 N–H and O–H groups in total. The molecule has 0 aliphatic carbocycles. The summed E-state index contributed by atoms with van der Waals surface area (Å²) in [6.07, 6.45) is 6.61. The predicted octanol–water partition coefficient (Wildman–Crippen LogP) is 3.41. The average molecular weight is 301 g/mol. The highest BCUT2D eigenvalue weighted by molar-refractivity contribution is 5.93. The van der Waals surface area contributed by atoms with Gasteiger partial charge >= 0.3 is 5.97 Å². The quantitative estimate of drug-likeness (QED) is 0.679. The molecule has 116 valence electrons. The lowest BCUT2D eigenvalue weighted by molar-refractivity contribution is -0.281. The Morgan fingerprint density at radius 3 is 3.00 bits per heavy atom. The Morgan fingerprint density at radius 1 is 1.50 bits per heavy atom. The first-order valence-electron chi connectivity index (χ1n) is 7.49. The minimum Gasteiger partial charge on any atom is -0.478 e. The number of carbonyl (C=O) groups is 1. The lowest BCUT2D eigenvalue weighted by Crippen LogP contribution is -2.22. The maximum Gasteiger partial charge on any atom is 0.328 e. The first kappa shape index (κ1) is 14.8. The highest BCUT2D eigenvalue weighted by Gasteiger charge is 2.28. The molecule has 1 saturated heterocycles. The fourth-order valence-corrected chi connectivity index (χ4v) is 3.04. The standard InChI is InChI=1S/C17H19NO4/c1-2-14(16-9-10-21-22-16)18-11-12(7-8-17(19)20)13-5-3-4-6-15(13)18/h3-8,11,14,16H,2,9-10H2,1H3,(H,19,20)/b8-7+. The third-order valence-corrected chi connectivity index (χ3v) is 4.06. The number of hydrogen-bond donors (Lipinski definition) is 1. The fraction of sp³-hybridized carbons (Fsp3) is 0.353. The van der Waals surface area contributed by atoms with Crippen molar-refractivity contribution in [2.24, 2.45) is 0 Å². The molecule has 1 aromatic carbocycles. The molecule has 2 atom stereocenters. The van der Waals surface area contributed by atoms with E-state index in [0.29, 0.717) is 6.61 Å². The first-order valence-corrected chi connectivity index (χ1v) is 7.49. The third-order valence-electron chi connectivity index (χ3n) is 4.06. The van der Waals surface area contributed by atoms with Gasteiger partial charge in [0.05, 0.1) is 12.6 Å². The van der Waals surface area contributed by atoms with Crippen LogP contribution >= 0.6 is 0 Å². The molecule has 5 heteroatoms. The van der Waals surface area contributed by atoms with Crippen LogP contribution in [0.5, 0.6) is 0 Å². The average Bonchev–Trinajstić information content (AvgIpc) is 3.15. The minimum absolute atomic E-state index is 0.0251. The lowest BCUT2D eigenvalue weighted by atomic mass is 10.1. The highest BCUT2D eigenvalue weighted by Crippen LogP contribution is 2.32. The Hall–Kier alpha value is -2.11. The Morgan fingerprint density at radius 2 is 2.32 bits per heavy atom. The topological polar surface area (TPSA) is 60.7 Å². The summed E-state index contributed by atoms with van der Waals surface area (Å²) in [7, 11) is 0. The van der Waals surface area contributed by atoms with Gasteiger partial charge in [-0.25, -0.2) is 14.6 Å². The van der Waals surface area contributed by atoms with E-state index in [9.17, 15) is 4.79 Å². The monoisotopic (exact) mass is 301 g/mol. The van der Waals surface area contributed by atoms with Gasteiger partial charge in [0.2, 0.25) is 0 Å². The third kappa shape index (κ3) is 2.77. The predicted molar refractivity (Wildman–Crippen MR) is 83.4 cm³/mol. The van der Waals surface area contributed by atoms with Crippen LogP contribution in [-0.2, 0) is 14.6 Å². The number of rotatable bonds is 5. The number of carboxylic acid groups (broad SMARTS) is 1. The maximum atomic E-state index is 10.8. The van der Waals surface area contributed by atoms with Crippen molar-refractivity contribution in [3.63, 3.8) is 0 Å². The molecule has 0 saturated carbocycles. The molecule has 2 aromatic rings. The van der Waals surface area contributed by atoms with Gasteiger partial charge in [-0.3, -0.25) is 0 Å². The van der Waals surface area contributed by atoms with Crippen molar-refractivity contribution in [2.75, 3.05) is 6.61 Å². The molecule has 2 unspecified atom stereocenters. The molecule has 2 heterocycles. The van der Waals surface area contributed by atoms with Crippen LogP contribution in [0, 0.1) is 0 Å². The number of aliphatic carboxylic acids is 1. The Balaban J connectivity index is 2.06. The van der Waals surface area contributed by atoms with Crippen molar-refractivity contribution >= 4 is 22.9 Å². The van der Waals surface area contributed by atoms with Crippen molar-refractivity contribution in [1.82, 2.24) is 4.57 Å². The molecule has 0 radical (unpaired) electrons. The van der Waals surface area contributed by atoms with Crippen LogP contribution in [0.4, 0.5) is 0 Å². The zero-order valence-corrected chi connectivity index (χ0v) is 12.4. The number of nitrogens with zero attached hydrogens (tertiary/aromatic N) is 1. The molecule has 1 aliphatic rings. The first-order chi connectivity index (χ1) is 10.7. The van der Waals surface area contributed by atoms with Crippen LogP contribution in [0.1, 0.15) is 31.4 Å². The SMILES string of the molecule is CCC(C1CCOO1)n1cc(/C=C/C(=O)O)c2ccccc21. The van der Waals surface area contributed by atoms with Gasteiger partial charge in [-0.05, 0) is 18.6 Å². The molecular formula is C17H19NO4. The molecule has 5 nitrogen and oxygen atoms in total. The smallest absolute Gasteiger partial charge is 0.328 e. The van der Waals surface area contributed by atoms with Crippen molar-refractivity contribution in [3.8, 4) is 0 Å². The molecule has 0 bridgehead atoms. The second-order valence-electron chi connectivity index (χ2n) is 5.40. The van der Waals surface area contributed by atoms with Crippen LogP contribution in [0.15, 0.2) is 36.5 Å². The van der Waals surface area contributed by atoms with E-state index in [1.165, 1.54) is 6.08 Å². The van der Waals surface area contributed by atoms with E-state index < -0.39 is 5.97 Å². The molecular weight excluding hydrogens is 282 g/mol. The van der Waals surface area contributed by atoms with Crippen LogP contribution in [0.3, 0.4) is 0 Å². The highest BCUT2D eigenvalue weighted by atomic mass is 17.2. The van der Waals surface area contributed by atoms with Gasteiger partial charge in [-0.15, -0.1) is 0 Å². The van der Waals surface area contributed by atoms with E-state index in [-0.39, 0.29) is 12.1 Å². The van der Waals surface area contributed by atoms with E-state index in [4.69, 9.17) is 14.9 Å². The van der Waals surface area contributed by atoms with E-state index in [0.717, 1.165) is 29.3 Å². The maximum absolute atomic E-state index is 10.8. The number of benzene rings is 1. The summed E-state index contributed by atoms with van der Waals surface area (Å²) < 4.78 is 2.18. The number of para-hydroxylation sites is 1. The number of carboxylic acids is 1. The summed E-state index contributed by atoms with van der Waals surface area (Å²) in [6.45, 7) is 2.74. The Kier molecular flexibility index (Phi) is 4.27. The van der Waals surface area contributed by atoms with Gasteiger partial charge in [0.1, 0.15) is 6.10 Å². The number of hydrogen-bond acceptors (Lipinski definition) is 3. The largest absolute Gasteiger partial charge is 0.478 e. The molecule has 1 aromatic heterocycles. The normalized spacial score (nSPS) is 20.0. The van der Waals surface area contributed by atoms with E-state index in [1.54, 1.807) is 6.08 Å². The number of fused-ring (bicyclic) bond motifs is 1. The van der Waals surface area contributed by atoms with Crippen LogP contribution in [0.2, 0.25) is 0 Å². The Bertz CT molecular complexity index is 698. The van der Waals surface area contributed by atoms with Gasteiger partial charge in [0.25, 0.3) is 0 Å². The van der Waals surface area contributed by atoms with Crippen molar-refractivity contribution in [3.05, 3.63) is 42.1 Å².